The van der Waals surface area contributed by atoms with Gasteiger partial charge in [0.2, 0.25) is 0 Å². The lowest BCUT2D eigenvalue weighted by Crippen LogP contribution is -2.43. The summed E-state index contributed by atoms with van der Waals surface area (Å²) in [6.07, 6.45) is 4.78. The fraction of sp³-hybridized carbons (Fsp3) is 0.625. The second kappa shape index (κ2) is 5.02. The zero-order chi connectivity index (χ0) is 12.5. The Bertz CT molecular complexity index is 407. The molecule has 0 spiro atoms. The summed E-state index contributed by atoms with van der Waals surface area (Å²) in [6.45, 7) is 2.99. The molecule has 0 aromatic heterocycles. The van der Waals surface area contributed by atoms with Gasteiger partial charge in [-0.3, -0.25) is 0 Å². The molecule has 2 nitrogen and oxygen atoms in total. The molecule has 98 valence electrons. The highest BCUT2D eigenvalue weighted by atomic mass is 16.3. The maximum atomic E-state index is 9.82. The molecule has 1 unspecified atom stereocenters. The van der Waals surface area contributed by atoms with Crippen LogP contribution in [-0.2, 0) is 0 Å². The van der Waals surface area contributed by atoms with E-state index in [1.807, 2.05) is 0 Å². The zero-order valence-corrected chi connectivity index (χ0v) is 11.1. The molecule has 2 fully saturated rings. The number of aryl methyl sites for hydroxylation is 1. The van der Waals surface area contributed by atoms with Gasteiger partial charge in [-0.15, -0.1) is 0 Å². The summed E-state index contributed by atoms with van der Waals surface area (Å²) in [5, 5.41) is 13.3. The predicted octanol–water partition coefficient (Wildman–Crippen LogP) is 2.60. The van der Waals surface area contributed by atoms with Crippen LogP contribution in [0.4, 0.5) is 0 Å². The Morgan fingerprint density at radius 1 is 1.28 bits per heavy atom. The Balaban J connectivity index is 1.44. The summed E-state index contributed by atoms with van der Waals surface area (Å²) in [4.78, 5) is 0. The molecule has 1 aromatic carbocycles. The Morgan fingerprint density at radius 3 is 2.67 bits per heavy atom. The van der Waals surface area contributed by atoms with Crippen molar-refractivity contribution in [3.63, 3.8) is 0 Å². The van der Waals surface area contributed by atoms with Gasteiger partial charge in [0.15, 0.2) is 0 Å². The van der Waals surface area contributed by atoms with Crippen LogP contribution in [0.5, 0.6) is 0 Å². The van der Waals surface area contributed by atoms with Crippen molar-refractivity contribution in [3.8, 4) is 0 Å². The molecule has 2 heteroatoms. The van der Waals surface area contributed by atoms with Gasteiger partial charge in [-0.25, -0.2) is 0 Å². The fourth-order valence-corrected chi connectivity index (χ4v) is 3.02. The van der Waals surface area contributed by atoms with E-state index >= 15 is 0 Å². The molecular formula is C16H23NO. The molecule has 2 aliphatic carbocycles. The Morgan fingerprint density at radius 2 is 2.00 bits per heavy atom. The van der Waals surface area contributed by atoms with Crippen LogP contribution in [0.15, 0.2) is 24.3 Å². The highest BCUT2D eigenvalue weighted by Gasteiger charge is 2.33. The van der Waals surface area contributed by atoms with Crippen LogP contribution in [0.1, 0.15) is 42.7 Å². The molecule has 2 N–H and O–H groups in total. The van der Waals surface area contributed by atoms with Crippen LogP contribution in [0.25, 0.3) is 0 Å². The minimum absolute atomic E-state index is 0.109. The van der Waals surface area contributed by atoms with Gasteiger partial charge in [0.05, 0.1) is 6.10 Å². The van der Waals surface area contributed by atoms with Crippen LogP contribution >= 0.6 is 0 Å². The van der Waals surface area contributed by atoms with E-state index in [0.717, 1.165) is 12.5 Å². The lowest BCUT2D eigenvalue weighted by molar-refractivity contribution is 0.135. The minimum atomic E-state index is -0.109. The van der Waals surface area contributed by atoms with E-state index in [2.05, 4.69) is 36.5 Å². The van der Waals surface area contributed by atoms with Crippen molar-refractivity contribution in [2.45, 2.75) is 50.7 Å². The fourth-order valence-electron chi connectivity index (χ4n) is 3.02. The van der Waals surface area contributed by atoms with E-state index in [-0.39, 0.29) is 6.10 Å². The number of rotatable bonds is 5. The third-order valence-electron chi connectivity index (χ3n) is 4.55. The van der Waals surface area contributed by atoms with Crippen LogP contribution in [0.2, 0.25) is 0 Å². The minimum Gasteiger partial charge on any atom is -0.392 e. The van der Waals surface area contributed by atoms with E-state index in [1.54, 1.807) is 0 Å². The first-order valence-corrected chi connectivity index (χ1v) is 7.21. The van der Waals surface area contributed by atoms with Crippen LogP contribution < -0.4 is 5.32 Å². The Kier molecular flexibility index (Phi) is 3.40. The first-order chi connectivity index (χ1) is 8.74. The molecule has 0 amide bonds. The predicted molar refractivity (Wildman–Crippen MR) is 73.7 cm³/mol. The number of aliphatic hydroxyl groups excluding tert-OH is 1. The van der Waals surface area contributed by atoms with Gasteiger partial charge < -0.3 is 10.4 Å². The highest BCUT2D eigenvalue weighted by Crippen LogP contribution is 2.38. The second-order valence-corrected chi connectivity index (χ2v) is 6.03. The Labute approximate surface area is 109 Å². The van der Waals surface area contributed by atoms with Crippen molar-refractivity contribution in [1.82, 2.24) is 5.32 Å². The third kappa shape index (κ3) is 2.60. The molecule has 0 aliphatic heterocycles. The number of aliphatic hydroxyl groups is 1. The first kappa shape index (κ1) is 12.2. The molecule has 0 saturated heterocycles. The average Bonchev–Trinajstić information content (AvgIpc) is 3.12. The number of nitrogens with one attached hydrogen (secondary N) is 1. The van der Waals surface area contributed by atoms with Gasteiger partial charge in [-0.1, -0.05) is 24.3 Å². The normalized spacial score (nSPS) is 28.8. The van der Waals surface area contributed by atoms with Crippen LogP contribution in [0.3, 0.4) is 0 Å². The number of hydrogen-bond donors (Lipinski definition) is 2. The molecule has 0 bridgehead atoms. The van der Waals surface area contributed by atoms with Crippen molar-refractivity contribution in [1.29, 1.82) is 0 Å². The smallest absolute Gasteiger partial charge is 0.0692 e. The van der Waals surface area contributed by atoms with Gasteiger partial charge in [-0.05, 0) is 55.6 Å². The molecule has 0 heterocycles. The zero-order valence-electron chi connectivity index (χ0n) is 11.1. The van der Waals surface area contributed by atoms with Crippen molar-refractivity contribution in [2.24, 2.45) is 5.92 Å². The largest absolute Gasteiger partial charge is 0.392 e. The standard InChI is InChI=1S/C16H23NO/c1-11-4-2-3-5-15(11)13-8-14(9-13)17-10-16(18)12-6-7-12/h2-5,12-14,16-18H,6-10H2,1H3. The summed E-state index contributed by atoms with van der Waals surface area (Å²) >= 11 is 0. The first-order valence-electron chi connectivity index (χ1n) is 7.21. The number of benzene rings is 1. The molecule has 1 atom stereocenters. The maximum Gasteiger partial charge on any atom is 0.0692 e. The molecule has 3 rings (SSSR count). The van der Waals surface area contributed by atoms with Gasteiger partial charge in [0, 0.05) is 12.6 Å². The van der Waals surface area contributed by atoms with Crippen molar-refractivity contribution in [2.75, 3.05) is 6.54 Å². The molecule has 2 saturated carbocycles. The molecule has 0 radical (unpaired) electrons. The average molecular weight is 245 g/mol. The van der Waals surface area contributed by atoms with E-state index in [4.69, 9.17) is 0 Å². The monoisotopic (exact) mass is 245 g/mol. The molecule has 1 aromatic rings. The van der Waals surface area contributed by atoms with E-state index < -0.39 is 0 Å². The van der Waals surface area contributed by atoms with Gasteiger partial charge in [-0.2, -0.15) is 0 Å². The topological polar surface area (TPSA) is 32.3 Å². The quantitative estimate of drug-likeness (QED) is 0.835. The summed E-state index contributed by atoms with van der Waals surface area (Å²) in [5.41, 5.74) is 2.93. The summed E-state index contributed by atoms with van der Waals surface area (Å²) in [7, 11) is 0. The van der Waals surface area contributed by atoms with E-state index in [9.17, 15) is 5.11 Å². The highest BCUT2D eigenvalue weighted by molar-refractivity contribution is 5.31. The van der Waals surface area contributed by atoms with Crippen LogP contribution in [0, 0.1) is 12.8 Å². The third-order valence-corrected chi connectivity index (χ3v) is 4.55. The summed E-state index contributed by atoms with van der Waals surface area (Å²) in [5.74, 6) is 1.31. The van der Waals surface area contributed by atoms with Crippen molar-refractivity contribution in [3.05, 3.63) is 35.4 Å². The number of hydrogen-bond acceptors (Lipinski definition) is 2. The molecular weight excluding hydrogens is 222 g/mol. The van der Waals surface area contributed by atoms with Gasteiger partial charge >= 0.3 is 0 Å². The molecule has 2 aliphatic rings. The van der Waals surface area contributed by atoms with E-state index in [1.165, 1.54) is 36.8 Å². The second-order valence-electron chi connectivity index (χ2n) is 6.03. The molecule has 18 heavy (non-hydrogen) atoms. The maximum absolute atomic E-state index is 9.82. The van der Waals surface area contributed by atoms with Gasteiger partial charge in [0.1, 0.15) is 0 Å². The van der Waals surface area contributed by atoms with Crippen LogP contribution in [-0.4, -0.2) is 23.8 Å². The Hall–Kier alpha value is -0.860. The SMILES string of the molecule is Cc1ccccc1C1CC(NCC(O)C2CC2)C1. The van der Waals surface area contributed by atoms with E-state index in [0.29, 0.717) is 12.0 Å². The summed E-state index contributed by atoms with van der Waals surface area (Å²) < 4.78 is 0. The lowest BCUT2D eigenvalue weighted by atomic mass is 9.74. The van der Waals surface area contributed by atoms with Gasteiger partial charge in [0.25, 0.3) is 0 Å². The summed E-state index contributed by atoms with van der Waals surface area (Å²) in [6, 6.07) is 9.32. The van der Waals surface area contributed by atoms with Crippen molar-refractivity contribution < 1.29 is 5.11 Å². The lowest BCUT2D eigenvalue weighted by Gasteiger charge is -2.37. The van der Waals surface area contributed by atoms with Crippen molar-refractivity contribution >= 4 is 0 Å².